The number of aromatic nitrogens is 2. The molecule has 2 aromatic rings. The fourth-order valence-electron chi connectivity index (χ4n) is 1.59. The lowest BCUT2D eigenvalue weighted by atomic mass is 10.1. The van der Waals surface area contributed by atoms with Gasteiger partial charge in [-0.05, 0) is 12.1 Å². The van der Waals surface area contributed by atoms with Crippen LogP contribution in [-0.4, -0.2) is 34.9 Å². The third-order valence-electron chi connectivity index (χ3n) is 2.46. The van der Waals surface area contributed by atoms with E-state index in [4.69, 9.17) is 5.73 Å². The van der Waals surface area contributed by atoms with Crippen molar-refractivity contribution in [3.63, 3.8) is 0 Å². The van der Waals surface area contributed by atoms with E-state index in [1.165, 1.54) is 11.1 Å². The molecule has 0 bridgehead atoms. The fourth-order valence-corrected chi connectivity index (χ4v) is 1.59. The molecule has 92 valence electrons. The molecule has 0 aliphatic heterocycles. The second-order valence-corrected chi connectivity index (χ2v) is 4.11. The monoisotopic (exact) mass is 242 g/mol. The summed E-state index contributed by atoms with van der Waals surface area (Å²) >= 11 is 0. The van der Waals surface area contributed by atoms with Crippen LogP contribution in [-0.2, 0) is 0 Å². The van der Waals surface area contributed by atoms with E-state index in [1.54, 1.807) is 32.4 Å². The molecule has 0 unspecified atom stereocenters. The van der Waals surface area contributed by atoms with Crippen LogP contribution in [0.15, 0.2) is 36.7 Å². The highest BCUT2D eigenvalue weighted by Crippen LogP contribution is 2.18. The number of carbonyl (C=O) groups excluding carboxylic acids is 1. The van der Waals surface area contributed by atoms with Gasteiger partial charge in [-0.1, -0.05) is 12.1 Å². The van der Waals surface area contributed by atoms with Gasteiger partial charge in [0.05, 0.1) is 18.1 Å². The Balaban J connectivity index is 2.42. The van der Waals surface area contributed by atoms with Crippen LogP contribution in [0.4, 0.5) is 5.82 Å². The van der Waals surface area contributed by atoms with Gasteiger partial charge in [0.2, 0.25) is 0 Å². The molecule has 1 aromatic carbocycles. The quantitative estimate of drug-likeness (QED) is 0.864. The van der Waals surface area contributed by atoms with Gasteiger partial charge in [-0.15, -0.1) is 0 Å². The lowest BCUT2D eigenvalue weighted by Crippen LogP contribution is -2.21. The van der Waals surface area contributed by atoms with E-state index in [1.807, 2.05) is 12.1 Å². The number of hydrogen-bond acceptors (Lipinski definition) is 4. The summed E-state index contributed by atoms with van der Waals surface area (Å²) in [5.74, 6) is 0.311. The molecule has 18 heavy (non-hydrogen) atoms. The number of rotatable bonds is 2. The van der Waals surface area contributed by atoms with Crippen LogP contribution >= 0.6 is 0 Å². The summed E-state index contributed by atoms with van der Waals surface area (Å²) in [7, 11) is 3.44. The molecule has 0 atom stereocenters. The molecule has 1 heterocycles. The minimum absolute atomic E-state index is 0.0475. The zero-order valence-corrected chi connectivity index (χ0v) is 10.3. The number of anilines is 1. The predicted octanol–water partition coefficient (Wildman–Crippen LogP) is 1.43. The summed E-state index contributed by atoms with van der Waals surface area (Å²) in [6.45, 7) is 0. The number of benzene rings is 1. The van der Waals surface area contributed by atoms with Crippen LogP contribution in [0.2, 0.25) is 0 Å². The SMILES string of the molecule is CN(C)C(=O)c1cccc(-c2cncc(N)n2)c1. The van der Waals surface area contributed by atoms with E-state index in [-0.39, 0.29) is 5.91 Å². The first-order chi connectivity index (χ1) is 8.58. The normalized spacial score (nSPS) is 10.1. The molecule has 0 aliphatic carbocycles. The minimum atomic E-state index is -0.0475. The average Bonchev–Trinajstić information content (AvgIpc) is 2.38. The van der Waals surface area contributed by atoms with Crippen molar-refractivity contribution in [1.29, 1.82) is 0 Å². The van der Waals surface area contributed by atoms with Gasteiger partial charge in [0.1, 0.15) is 5.82 Å². The third kappa shape index (κ3) is 2.45. The largest absolute Gasteiger partial charge is 0.382 e. The van der Waals surface area contributed by atoms with Gasteiger partial charge in [0.15, 0.2) is 0 Å². The summed E-state index contributed by atoms with van der Waals surface area (Å²) in [5, 5.41) is 0. The number of amides is 1. The lowest BCUT2D eigenvalue weighted by molar-refractivity contribution is 0.0827. The Hall–Kier alpha value is -2.43. The zero-order chi connectivity index (χ0) is 13.1. The van der Waals surface area contributed by atoms with Crippen LogP contribution in [0.5, 0.6) is 0 Å². The molecule has 5 heteroatoms. The highest BCUT2D eigenvalue weighted by molar-refractivity contribution is 5.95. The highest BCUT2D eigenvalue weighted by Gasteiger charge is 2.09. The van der Waals surface area contributed by atoms with E-state index in [0.29, 0.717) is 17.1 Å². The van der Waals surface area contributed by atoms with Gasteiger partial charge in [-0.25, -0.2) is 4.98 Å². The zero-order valence-electron chi connectivity index (χ0n) is 10.3. The maximum Gasteiger partial charge on any atom is 0.253 e. The van der Waals surface area contributed by atoms with Crippen molar-refractivity contribution in [2.45, 2.75) is 0 Å². The lowest BCUT2D eigenvalue weighted by Gasteiger charge is -2.11. The topological polar surface area (TPSA) is 72.1 Å². The molecule has 0 aliphatic rings. The maximum absolute atomic E-state index is 11.9. The Kier molecular flexibility index (Phi) is 3.23. The summed E-state index contributed by atoms with van der Waals surface area (Å²) in [6, 6.07) is 7.24. The predicted molar refractivity (Wildman–Crippen MR) is 69.9 cm³/mol. The molecule has 0 saturated heterocycles. The molecular formula is C13H14N4O. The first-order valence-electron chi connectivity index (χ1n) is 5.47. The van der Waals surface area contributed by atoms with Crippen molar-refractivity contribution in [2.75, 3.05) is 19.8 Å². The van der Waals surface area contributed by atoms with E-state index in [0.717, 1.165) is 5.56 Å². The van der Waals surface area contributed by atoms with E-state index in [9.17, 15) is 4.79 Å². The van der Waals surface area contributed by atoms with Crippen LogP contribution in [0.25, 0.3) is 11.3 Å². The third-order valence-corrected chi connectivity index (χ3v) is 2.46. The molecule has 5 nitrogen and oxygen atoms in total. The molecule has 0 fully saturated rings. The van der Waals surface area contributed by atoms with Crippen molar-refractivity contribution in [2.24, 2.45) is 0 Å². The Labute approximate surface area is 105 Å². The van der Waals surface area contributed by atoms with E-state index >= 15 is 0 Å². The van der Waals surface area contributed by atoms with Crippen molar-refractivity contribution in [1.82, 2.24) is 14.9 Å². The van der Waals surface area contributed by atoms with Crippen LogP contribution in [0.3, 0.4) is 0 Å². The molecule has 0 saturated carbocycles. The molecule has 0 radical (unpaired) electrons. The molecule has 0 spiro atoms. The summed E-state index contributed by atoms with van der Waals surface area (Å²) in [5.41, 5.74) is 7.68. The molecular weight excluding hydrogens is 228 g/mol. The van der Waals surface area contributed by atoms with Crippen molar-refractivity contribution < 1.29 is 4.79 Å². The molecule has 2 rings (SSSR count). The van der Waals surface area contributed by atoms with Gasteiger partial charge in [-0.2, -0.15) is 0 Å². The van der Waals surface area contributed by atoms with Crippen molar-refractivity contribution >= 4 is 11.7 Å². The minimum Gasteiger partial charge on any atom is -0.382 e. The van der Waals surface area contributed by atoms with E-state index < -0.39 is 0 Å². The number of nitrogens with two attached hydrogens (primary N) is 1. The van der Waals surface area contributed by atoms with Gasteiger partial charge >= 0.3 is 0 Å². The van der Waals surface area contributed by atoms with Crippen LogP contribution in [0, 0.1) is 0 Å². The Morgan fingerprint density at radius 3 is 2.72 bits per heavy atom. The Morgan fingerprint density at radius 1 is 1.28 bits per heavy atom. The molecule has 1 amide bonds. The first kappa shape index (κ1) is 12.0. The molecule has 1 aromatic heterocycles. The fraction of sp³-hybridized carbons (Fsp3) is 0.154. The van der Waals surface area contributed by atoms with Crippen molar-refractivity contribution in [3.05, 3.63) is 42.2 Å². The smallest absolute Gasteiger partial charge is 0.253 e. The Bertz CT molecular complexity index is 581. The van der Waals surface area contributed by atoms with Gasteiger partial charge in [-0.3, -0.25) is 9.78 Å². The van der Waals surface area contributed by atoms with Crippen LogP contribution in [0.1, 0.15) is 10.4 Å². The summed E-state index contributed by atoms with van der Waals surface area (Å²) in [6.07, 6.45) is 3.11. The second kappa shape index (κ2) is 4.83. The van der Waals surface area contributed by atoms with Gasteiger partial charge < -0.3 is 10.6 Å². The number of nitrogens with zero attached hydrogens (tertiary/aromatic N) is 3. The van der Waals surface area contributed by atoms with Gasteiger partial charge in [0.25, 0.3) is 5.91 Å². The Morgan fingerprint density at radius 2 is 2.06 bits per heavy atom. The molecule has 2 N–H and O–H groups in total. The number of hydrogen-bond donors (Lipinski definition) is 1. The maximum atomic E-state index is 11.9. The summed E-state index contributed by atoms with van der Waals surface area (Å²) in [4.78, 5) is 21.6. The second-order valence-electron chi connectivity index (χ2n) is 4.11. The average molecular weight is 242 g/mol. The number of carbonyl (C=O) groups is 1. The van der Waals surface area contributed by atoms with Crippen molar-refractivity contribution in [3.8, 4) is 11.3 Å². The standard InChI is InChI=1S/C13H14N4O/c1-17(2)13(18)10-5-3-4-9(6-10)11-7-15-8-12(14)16-11/h3-8H,1-2H3,(H2,14,16). The van der Waals surface area contributed by atoms with Gasteiger partial charge in [0, 0.05) is 25.2 Å². The van der Waals surface area contributed by atoms with E-state index in [2.05, 4.69) is 9.97 Å². The van der Waals surface area contributed by atoms with Crippen LogP contribution < -0.4 is 5.73 Å². The first-order valence-corrected chi connectivity index (χ1v) is 5.47. The summed E-state index contributed by atoms with van der Waals surface area (Å²) < 4.78 is 0. The number of nitrogen functional groups attached to an aromatic ring is 1. The highest BCUT2D eigenvalue weighted by atomic mass is 16.2.